The molecule has 1 rings (SSSR count). The van der Waals surface area contributed by atoms with Crippen LogP contribution >= 0.6 is 0 Å². The van der Waals surface area contributed by atoms with Gasteiger partial charge in [-0.3, -0.25) is 4.79 Å². The molecular weight excluding hydrogens is 265 g/mol. The first-order chi connectivity index (χ1) is 8.85. The van der Waals surface area contributed by atoms with E-state index in [0.717, 1.165) is 13.2 Å². The number of carbonyl (C=O) groups excluding carboxylic acids is 1. The second-order valence-corrected chi connectivity index (χ2v) is 3.52. The van der Waals surface area contributed by atoms with Crippen molar-refractivity contribution in [3.8, 4) is 0 Å². The van der Waals surface area contributed by atoms with Crippen molar-refractivity contribution in [3.63, 3.8) is 0 Å². The molecule has 0 unspecified atom stereocenters. The summed E-state index contributed by atoms with van der Waals surface area (Å²) in [6, 6.07) is 0.795. The Morgan fingerprint density at radius 2 is 1.79 bits per heavy atom. The summed E-state index contributed by atoms with van der Waals surface area (Å²) < 4.78 is 43.2. The second-order valence-electron chi connectivity index (χ2n) is 3.52. The highest BCUT2D eigenvalue weighted by atomic mass is 19.2. The highest BCUT2D eigenvalue weighted by Gasteiger charge is 2.15. The normalized spacial score (nSPS) is 11.3. The lowest BCUT2D eigenvalue weighted by molar-refractivity contribution is -0.142. The van der Waals surface area contributed by atoms with E-state index in [1.165, 1.54) is 0 Å². The van der Waals surface area contributed by atoms with E-state index >= 15 is 0 Å². The largest absolute Gasteiger partial charge is 0.478 e. The van der Waals surface area contributed by atoms with Crippen LogP contribution < -0.4 is 0 Å². The topological polar surface area (TPSA) is 63.6 Å². The van der Waals surface area contributed by atoms with Gasteiger partial charge in [-0.1, -0.05) is 0 Å². The lowest BCUT2D eigenvalue weighted by atomic mass is 10.1. The van der Waals surface area contributed by atoms with Crippen LogP contribution in [0.15, 0.2) is 17.7 Å². The summed E-state index contributed by atoms with van der Waals surface area (Å²) in [5, 5.41) is 8.83. The summed E-state index contributed by atoms with van der Waals surface area (Å²) in [7, 11) is 1.06. The number of hydrogen-bond acceptors (Lipinski definition) is 3. The molecule has 0 bridgehead atoms. The van der Waals surface area contributed by atoms with Crippen molar-refractivity contribution in [1.82, 2.24) is 0 Å². The molecule has 7 heteroatoms. The van der Waals surface area contributed by atoms with Crippen molar-refractivity contribution in [1.29, 1.82) is 0 Å². The summed E-state index contributed by atoms with van der Waals surface area (Å²) in [4.78, 5) is 21.8. The summed E-state index contributed by atoms with van der Waals surface area (Å²) in [5.41, 5.74) is -0.975. The van der Waals surface area contributed by atoms with E-state index in [-0.39, 0.29) is 0 Å². The Labute approximate surface area is 106 Å². The number of ether oxygens (including phenoxy) is 1. The zero-order valence-corrected chi connectivity index (χ0v) is 9.75. The number of aliphatic carboxylic acids is 1. The van der Waals surface area contributed by atoms with Crippen molar-refractivity contribution in [3.05, 3.63) is 40.7 Å². The number of carbonyl (C=O) groups is 2. The van der Waals surface area contributed by atoms with Crippen molar-refractivity contribution in [2.75, 3.05) is 7.11 Å². The van der Waals surface area contributed by atoms with E-state index in [4.69, 9.17) is 5.11 Å². The number of benzene rings is 1. The minimum atomic E-state index is -1.49. The lowest BCUT2D eigenvalue weighted by Gasteiger charge is -2.03. The van der Waals surface area contributed by atoms with Gasteiger partial charge in [-0.25, -0.2) is 18.0 Å². The van der Waals surface area contributed by atoms with Gasteiger partial charge in [0, 0.05) is 17.2 Å². The van der Waals surface area contributed by atoms with Crippen LogP contribution in [0.3, 0.4) is 0 Å². The molecule has 0 heterocycles. The minimum Gasteiger partial charge on any atom is -0.478 e. The fourth-order valence-corrected chi connectivity index (χ4v) is 1.25. The molecule has 1 N–H and O–H groups in total. The van der Waals surface area contributed by atoms with Crippen LogP contribution in [0.4, 0.5) is 13.2 Å². The molecular formula is C12H9F3O4. The van der Waals surface area contributed by atoms with E-state index in [1.807, 2.05) is 0 Å². The summed E-state index contributed by atoms with van der Waals surface area (Å²) in [5.74, 6) is -6.19. The van der Waals surface area contributed by atoms with Gasteiger partial charge in [-0.05, 0) is 12.1 Å². The van der Waals surface area contributed by atoms with E-state index in [1.54, 1.807) is 0 Å². The van der Waals surface area contributed by atoms with Crippen LogP contribution in [0.5, 0.6) is 0 Å². The smallest absolute Gasteiger partial charge is 0.332 e. The van der Waals surface area contributed by atoms with Crippen LogP contribution in [0.25, 0.3) is 6.08 Å². The average molecular weight is 274 g/mol. The van der Waals surface area contributed by atoms with E-state index in [0.29, 0.717) is 12.1 Å². The predicted octanol–water partition coefficient (Wildman–Crippen LogP) is 2.13. The van der Waals surface area contributed by atoms with Gasteiger partial charge in [-0.2, -0.15) is 0 Å². The first-order valence-corrected chi connectivity index (χ1v) is 5.00. The van der Waals surface area contributed by atoms with Crippen molar-refractivity contribution >= 4 is 18.0 Å². The lowest BCUT2D eigenvalue weighted by Crippen LogP contribution is -2.09. The monoisotopic (exact) mass is 274 g/mol. The second kappa shape index (κ2) is 6.03. The van der Waals surface area contributed by atoms with Crippen molar-refractivity contribution < 1.29 is 32.6 Å². The molecule has 19 heavy (non-hydrogen) atoms. The van der Waals surface area contributed by atoms with Crippen molar-refractivity contribution in [2.24, 2.45) is 0 Å². The van der Waals surface area contributed by atoms with Gasteiger partial charge in [0.25, 0.3) is 0 Å². The maximum absolute atomic E-state index is 13.3. The summed E-state index contributed by atoms with van der Waals surface area (Å²) >= 11 is 0. The molecule has 0 saturated carbocycles. The maximum Gasteiger partial charge on any atom is 0.332 e. The van der Waals surface area contributed by atoms with Crippen LogP contribution in [-0.2, 0) is 14.3 Å². The molecule has 0 amide bonds. The molecule has 0 saturated heterocycles. The molecule has 0 spiro atoms. The van der Waals surface area contributed by atoms with Crippen LogP contribution in [0.1, 0.15) is 12.0 Å². The number of hydrogen-bond donors (Lipinski definition) is 1. The van der Waals surface area contributed by atoms with E-state index < -0.39 is 46.9 Å². The van der Waals surface area contributed by atoms with Crippen LogP contribution in [-0.4, -0.2) is 24.2 Å². The molecule has 0 aliphatic heterocycles. The van der Waals surface area contributed by atoms with Gasteiger partial charge in [-0.15, -0.1) is 0 Å². The summed E-state index contributed by atoms with van der Waals surface area (Å²) in [6.45, 7) is 0. The Bertz CT molecular complexity index is 552. The summed E-state index contributed by atoms with van der Waals surface area (Å²) in [6.07, 6.45) is 0.126. The highest BCUT2D eigenvalue weighted by Crippen LogP contribution is 2.18. The Morgan fingerprint density at radius 1 is 1.21 bits per heavy atom. The zero-order chi connectivity index (χ0) is 14.6. The Kier molecular flexibility index (Phi) is 4.68. The molecule has 0 aliphatic rings. The fourth-order valence-electron chi connectivity index (χ4n) is 1.25. The van der Waals surface area contributed by atoms with Gasteiger partial charge in [0.15, 0.2) is 11.6 Å². The number of halogens is 3. The molecule has 0 aromatic heterocycles. The van der Waals surface area contributed by atoms with Gasteiger partial charge in [0.2, 0.25) is 0 Å². The average Bonchev–Trinajstić information content (AvgIpc) is 2.34. The standard InChI is InChI=1S/C12H9F3O4/c1-19-11(16)4-7(12(17)18)2-6-3-9(14)10(15)5-8(6)13/h2-3,5H,4H2,1H3,(H,17,18)/b7-2+. The van der Waals surface area contributed by atoms with Crippen molar-refractivity contribution in [2.45, 2.75) is 6.42 Å². The van der Waals surface area contributed by atoms with E-state index in [9.17, 15) is 22.8 Å². The molecule has 1 aromatic carbocycles. The number of carboxylic acids is 1. The Hall–Kier alpha value is -2.31. The van der Waals surface area contributed by atoms with Gasteiger partial charge in [0.1, 0.15) is 5.82 Å². The number of carboxylic acid groups (broad SMARTS) is 1. The zero-order valence-electron chi connectivity index (χ0n) is 9.75. The van der Waals surface area contributed by atoms with Gasteiger partial charge < -0.3 is 9.84 Å². The first kappa shape index (κ1) is 14.7. The third-order valence-corrected chi connectivity index (χ3v) is 2.21. The van der Waals surface area contributed by atoms with Gasteiger partial charge in [0.05, 0.1) is 13.5 Å². The van der Waals surface area contributed by atoms with Crippen LogP contribution in [0, 0.1) is 17.5 Å². The fraction of sp³-hybridized carbons (Fsp3) is 0.167. The quantitative estimate of drug-likeness (QED) is 0.519. The minimum absolute atomic E-state index is 0.290. The van der Waals surface area contributed by atoms with Crippen LogP contribution in [0.2, 0.25) is 0 Å². The predicted molar refractivity (Wildman–Crippen MR) is 58.6 cm³/mol. The highest BCUT2D eigenvalue weighted by molar-refractivity contribution is 5.97. The third-order valence-electron chi connectivity index (χ3n) is 2.21. The number of esters is 1. The SMILES string of the molecule is COC(=O)C/C(=C\c1cc(F)c(F)cc1F)C(=O)O. The molecule has 0 fully saturated rings. The number of methoxy groups -OCH3 is 1. The number of rotatable bonds is 4. The molecule has 1 aromatic rings. The first-order valence-electron chi connectivity index (χ1n) is 5.00. The Balaban J connectivity index is 3.19. The molecule has 0 aliphatic carbocycles. The molecule has 0 atom stereocenters. The molecule has 4 nitrogen and oxygen atoms in total. The van der Waals surface area contributed by atoms with E-state index in [2.05, 4.69) is 4.74 Å². The Morgan fingerprint density at radius 3 is 2.32 bits per heavy atom. The molecule has 102 valence electrons. The molecule has 0 radical (unpaired) electrons. The van der Waals surface area contributed by atoms with Gasteiger partial charge >= 0.3 is 11.9 Å². The third kappa shape index (κ3) is 3.84. The maximum atomic E-state index is 13.3.